The number of hydrogen-bond acceptors (Lipinski definition) is 3. The van der Waals surface area contributed by atoms with Gasteiger partial charge < -0.3 is 5.11 Å². The second kappa shape index (κ2) is 5.34. The van der Waals surface area contributed by atoms with Gasteiger partial charge in [0.2, 0.25) is 0 Å². The molecule has 0 saturated heterocycles. The lowest BCUT2D eigenvalue weighted by Gasteiger charge is -2.09. The van der Waals surface area contributed by atoms with Crippen molar-refractivity contribution in [1.29, 1.82) is 0 Å². The number of benzene rings is 2. The molecule has 2 aromatic carbocycles. The van der Waals surface area contributed by atoms with Crippen LogP contribution in [0.2, 0.25) is 0 Å². The van der Waals surface area contributed by atoms with Crippen molar-refractivity contribution in [3.63, 3.8) is 0 Å². The smallest absolute Gasteiger partial charge is 0.336 e. The average Bonchev–Trinajstić information content (AvgIpc) is 2.80. The fourth-order valence-corrected chi connectivity index (χ4v) is 3.16. The molecular formula is C15H9F2NO3S. The Labute approximate surface area is 126 Å². The number of carboxylic acid groups (broad SMARTS) is 1. The minimum atomic E-state index is -1.37. The first-order chi connectivity index (χ1) is 10.5. The monoisotopic (exact) mass is 321 g/mol. The number of carboxylic acids is 1. The normalized spacial score (nSPS) is 11.0. The molecule has 4 nitrogen and oxygen atoms in total. The first-order valence-corrected chi connectivity index (χ1v) is 7.09. The molecule has 7 heteroatoms. The van der Waals surface area contributed by atoms with E-state index in [1.807, 2.05) is 0 Å². The first-order valence-electron chi connectivity index (χ1n) is 6.27. The Balaban J connectivity index is 2.21. The van der Waals surface area contributed by atoms with Crippen molar-refractivity contribution < 1.29 is 18.7 Å². The third-order valence-corrected chi connectivity index (χ3v) is 4.28. The van der Waals surface area contributed by atoms with E-state index in [9.17, 15) is 18.4 Å². The first kappa shape index (κ1) is 14.4. The number of para-hydroxylation sites is 1. The van der Waals surface area contributed by atoms with Crippen molar-refractivity contribution >= 4 is 27.5 Å². The van der Waals surface area contributed by atoms with E-state index in [1.54, 1.807) is 24.3 Å². The van der Waals surface area contributed by atoms with Gasteiger partial charge >= 0.3 is 10.8 Å². The minimum absolute atomic E-state index is 0.339. The predicted octanol–water partition coefficient (Wildman–Crippen LogP) is 3.09. The van der Waals surface area contributed by atoms with Crippen LogP contribution in [0.3, 0.4) is 0 Å². The van der Waals surface area contributed by atoms with Gasteiger partial charge in [-0.15, -0.1) is 0 Å². The van der Waals surface area contributed by atoms with Gasteiger partial charge in [-0.1, -0.05) is 23.5 Å². The van der Waals surface area contributed by atoms with E-state index in [0.717, 1.165) is 23.5 Å². The molecule has 0 spiro atoms. The average molecular weight is 321 g/mol. The molecule has 3 rings (SSSR count). The Morgan fingerprint density at radius 1 is 1.18 bits per heavy atom. The maximum absolute atomic E-state index is 14.0. The van der Waals surface area contributed by atoms with Crippen molar-refractivity contribution in [2.24, 2.45) is 0 Å². The van der Waals surface area contributed by atoms with Gasteiger partial charge in [-0.25, -0.2) is 13.6 Å². The fourth-order valence-electron chi connectivity index (χ4n) is 2.27. The fraction of sp³-hybridized carbons (Fsp3) is 0.0667. The lowest BCUT2D eigenvalue weighted by Crippen LogP contribution is -2.17. The molecule has 0 saturated carbocycles. The number of thiazole rings is 1. The number of aromatic nitrogens is 1. The molecule has 0 bridgehead atoms. The number of aromatic carboxylic acids is 1. The molecule has 1 N–H and O–H groups in total. The van der Waals surface area contributed by atoms with Crippen LogP contribution < -0.4 is 4.87 Å². The summed E-state index contributed by atoms with van der Waals surface area (Å²) in [5, 5.41) is 9.12. The summed E-state index contributed by atoms with van der Waals surface area (Å²) in [6.45, 7) is -0.339. The molecule has 0 aliphatic rings. The Hall–Kier alpha value is -2.54. The Morgan fingerprint density at radius 2 is 1.91 bits per heavy atom. The van der Waals surface area contributed by atoms with E-state index in [-0.39, 0.29) is 22.5 Å². The van der Waals surface area contributed by atoms with Gasteiger partial charge in [0, 0.05) is 5.56 Å². The van der Waals surface area contributed by atoms with Crippen LogP contribution in [0.4, 0.5) is 8.78 Å². The minimum Gasteiger partial charge on any atom is -0.478 e. The highest BCUT2D eigenvalue weighted by Crippen LogP contribution is 2.22. The standard InChI is InChI=1S/C15H9F2NO3S/c16-10-6-5-8(14(19)20)9(13(10)17)7-18-11-3-1-2-4-12(11)22-15(18)21/h1-6H,7H2,(H,19,20). The number of rotatable bonds is 3. The van der Waals surface area contributed by atoms with E-state index in [0.29, 0.717) is 10.2 Å². The van der Waals surface area contributed by atoms with Gasteiger partial charge in [0.05, 0.1) is 22.3 Å². The topological polar surface area (TPSA) is 59.3 Å². The van der Waals surface area contributed by atoms with Gasteiger partial charge in [-0.2, -0.15) is 0 Å². The highest BCUT2D eigenvalue weighted by Gasteiger charge is 2.20. The van der Waals surface area contributed by atoms with E-state index < -0.39 is 17.6 Å². The quantitative estimate of drug-likeness (QED) is 0.806. The molecule has 1 aromatic heterocycles. The van der Waals surface area contributed by atoms with Crippen LogP contribution in [0.25, 0.3) is 10.2 Å². The van der Waals surface area contributed by atoms with Crippen molar-refractivity contribution in [1.82, 2.24) is 4.57 Å². The second-order valence-electron chi connectivity index (χ2n) is 4.61. The Bertz CT molecular complexity index is 946. The molecular weight excluding hydrogens is 312 g/mol. The van der Waals surface area contributed by atoms with E-state index in [4.69, 9.17) is 5.11 Å². The van der Waals surface area contributed by atoms with Gasteiger partial charge in [0.25, 0.3) is 0 Å². The molecule has 0 aliphatic heterocycles. The van der Waals surface area contributed by atoms with Crippen molar-refractivity contribution in [2.45, 2.75) is 6.54 Å². The third-order valence-electron chi connectivity index (χ3n) is 3.32. The van der Waals surface area contributed by atoms with Gasteiger partial charge in [0.1, 0.15) is 0 Å². The Kier molecular flexibility index (Phi) is 3.50. The largest absolute Gasteiger partial charge is 0.478 e. The number of nitrogens with zero attached hydrogens (tertiary/aromatic N) is 1. The molecule has 0 fully saturated rings. The predicted molar refractivity (Wildman–Crippen MR) is 78.5 cm³/mol. The Morgan fingerprint density at radius 3 is 2.64 bits per heavy atom. The summed E-state index contributed by atoms with van der Waals surface area (Å²) in [6, 6.07) is 8.63. The molecule has 3 aromatic rings. The summed E-state index contributed by atoms with van der Waals surface area (Å²) < 4.78 is 29.3. The van der Waals surface area contributed by atoms with Crippen LogP contribution >= 0.6 is 11.3 Å². The molecule has 112 valence electrons. The van der Waals surface area contributed by atoms with Crippen LogP contribution in [0.1, 0.15) is 15.9 Å². The molecule has 0 atom stereocenters. The van der Waals surface area contributed by atoms with Gasteiger partial charge in [-0.05, 0) is 24.3 Å². The van der Waals surface area contributed by atoms with Gasteiger partial charge in [-0.3, -0.25) is 9.36 Å². The maximum Gasteiger partial charge on any atom is 0.336 e. The summed E-state index contributed by atoms with van der Waals surface area (Å²) in [5.74, 6) is -3.77. The van der Waals surface area contributed by atoms with E-state index in [1.165, 1.54) is 4.57 Å². The van der Waals surface area contributed by atoms with Crippen LogP contribution in [-0.2, 0) is 6.54 Å². The molecule has 1 heterocycles. The van der Waals surface area contributed by atoms with Crippen molar-refractivity contribution in [3.05, 3.63) is 68.8 Å². The zero-order valence-electron chi connectivity index (χ0n) is 11.0. The number of hydrogen-bond donors (Lipinski definition) is 1. The number of halogens is 2. The molecule has 0 unspecified atom stereocenters. The van der Waals surface area contributed by atoms with Crippen LogP contribution in [0.15, 0.2) is 41.2 Å². The van der Waals surface area contributed by atoms with Gasteiger partial charge in [0.15, 0.2) is 11.6 Å². The number of carbonyl (C=O) groups is 1. The lowest BCUT2D eigenvalue weighted by molar-refractivity contribution is 0.0694. The summed E-state index contributed by atoms with van der Waals surface area (Å²) >= 11 is 0.966. The lowest BCUT2D eigenvalue weighted by atomic mass is 10.1. The van der Waals surface area contributed by atoms with E-state index >= 15 is 0 Å². The van der Waals surface area contributed by atoms with Crippen LogP contribution in [0, 0.1) is 11.6 Å². The zero-order chi connectivity index (χ0) is 15.9. The highest BCUT2D eigenvalue weighted by atomic mass is 32.1. The molecule has 22 heavy (non-hydrogen) atoms. The van der Waals surface area contributed by atoms with E-state index in [2.05, 4.69) is 0 Å². The maximum atomic E-state index is 14.0. The molecule has 0 aliphatic carbocycles. The SMILES string of the molecule is O=C(O)c1ccc(F)c(F)c1Cn1c(=O)sc2ccccc21. The summed E-state index contributed by atoms with van der Waals surface area (Å²) in [5.41, 5.74) is -0.156. The van der Waals surface area contributed by atoms with Crippen LogP contribution in [-0.4, -0.2) is 15.6 Å². The molecule has 0 radical (unpaired) electrons. The van der Waals surface area contributed by atoms with Crippen molar-refractivity contribution in [3.8, 4) is 0 Å². The second-order valence-corrected chi connectivity index (χ2v) is 5.61. The third kappa shape index (κ3) is 2.29. The van der Waals surface area contributed by atoms with Crippen LogP contribution in [0.5, 0.6) is 0 Å². The molecule has 0 amide bonds. The highest BCUT2D eigenvalue weighted by molar-refractivity contribution is 7.16. The number of fused-ring (bicyclic) bond motifs is 1. The summed E-state index contributed by atoms with van der Waals surface area (Å²) in [6.07, 6.45) is 0. The zero-order valence-corrected chi connectivity index (χ0v) is 11.9. The van der Waals surface area contributed by atoms with Crippen molar-refractivity contribution in [2.75, 3.05) is 0 Å². The summed E-state index contributed by atoms with van der Waals surface area (Å²) in [7, 11) is 0. The summed E-state index contributed by atoms with van der Waals surface area (Å²) in [4.78, 5) is 22.9.